The van der Waals surface area contributed by atoms with Crippen molar-refractivity contribution in [1.29, 1.82) is 0 Å². The first-order chi connectivity index (χ1) is 14.2. The zero-order valence-electron chi connectivity index (χ0n) is 18.8. The first kappa shape index (κ1) is 21.8. The number of rotatable bonds is 0. The third-order valence-electron chi connectivity index (χ3n) is 6.50. The number of benzene rings is 2. The van der Waals surface area contributed by atoms with Gasteiger partial charge in [0.25, 0.3) is 0 Å². The average Bonchev–Trinajstić information content (AvgIpc) is 3.31. The molecule has 5 heteroatoms. The molecule has 3 heterocycles. The molecule has 2 aromatic carbocycles. The van der Waals surface area contributed by atoms with Gasteiger partial charge < -0.3 is 9.13 Å². The Morgan fingerprint density at radius 3 is 2.13 bits per heavy atom. The predicted molar refractivity (Wildman–Crippen MR) is 120 cm³/mol. The summed E-state index contributed by atoms with van der Waals surface area (Å²) in [6.45, 7) is 8.89. The molecule has 0 saturated heterocycles. The third kappa shape index (κ3) is 3.32. The molecule has 162 valence electrons. The first-order valence-electron chi connectivity index (χ1n) is 10.4. The van der Waals surface area contributed by atoms with Crippen molar-refractivity contribution in [3.05, 3.63) is 83.7 Å². The van der Waals surface area contributed by atoms with Crippen molar-refractivity contribution >= 4 is 0 Å². The number of fused-ring (bicyclic) bond motifs is 10. The van der Waals surface area contributed by atoms with Crippen LogP contribution >= 0.6 is 0 Å². The van der Waals surface area contributed by atoms with Gasteiger partial charge in [-0.25, -0.2) is 4.98 Å². The van der Waals surface area contributed by atoms with Gasteiger partial charge in [-0.2, -0.15) is 0 Å². The van der Waals surface area contributed by atoms with E-state index in [0.29, 0.717) is 0 Å². The van der Waals surface area contributed by atoms with Crippen molar-refractivity contribution in [2.75, 3.05) is 0 Å². The van der Waals surface area contributed by atoms with Gasteiger partial charge in [0.15, 0.2) is 0 Å². The Labute approximate surface area is 198 Å². The van der Waals surface area contributed by atoms with Gasteiger partial charge in [0.2, 0.25) is 0 Å². The topological polar surface area (TPSA) is 35.6 Å². The maximum Gasteiger partial charge on any atom is 0.117 e. The molecule has 0 saturated carbocycles. The van der Waals surface area contributed by atoms with E-state index >= 15 is 0 Å². The van der Waals surface area contributed by atoms with Crippen LogP contribution in [-0.2, 0) is 46.0 Å². The maximum absolute atomic E-state index is 5.08. The monoisotopic (exact) mass is 590 g/mol. The summed E-state index contributed by atoms with van der Waals surface area (Å²) in [7, 11) is 4.15. The number of nitrogens with zero attached hydrogens (tertiary/aromatic N) is 4. The van der Waals surface area contributed by atoms with E-state index in [0.717, 1.165) is 39.7 Å². The fraction of sp³-hybridized carbons (Fsp3) is 0.308. The van der Waals surface area contributed by atoms with E-state index in [2.05, 4.69) is 112 Å². The van der Waals surface area contributed by atoms with Gasteiger partial charge in [0.05, 0.1) is 5.69 Å². The molecule has 4 aromatic rings. The van der Waals surface area contributed by atoms with E-state index < -0.39 is 0 Å². The number of hydrogen-bond donors (Lipinski definition) is 0. The van der Waals surface area contributed by atoms with Crippen LogP contribution in [0, 0.1) is 6.07 Å². The van der Waals surface area contributed by atoms with Gasteiger partial charge in [-0.05, 0) is 31.7 Å². The van der Waals surface area contributed by atoms with Crippen LogP contribution in [0.15, 0.2) is 54.9 Å². The average molecular weight is 591 g/mol. The second-order valence-corrected chi connectivity index (χ2v) is 9.43. The SMILES string of the molecule is Cn1cc2nc1C(C)(C)c1[c-]c(ccc1)-c1cn(C)c(n1)C(C)(C)c1cccc-2c1.[Pt]. The molecule has 0 fully saturated rings. The Morgan fingerprint density at radius 1 is 0.774 bits per heavy atom. The Kier molecular flexibility index (Phi) is 5.13. The van der Waals surface area contributed by atoms with Gasteiger partial charge in [-0.15, -0.1) is 35.4 Å². The molecule has 0 N–H and O–H groups in total. The molecule has 1 aliphatic rings. The van der Waals surface area contributed by atoms with Crippen LogP contribution in [-0.4, -0.2) is 19.1 Å². The van der Waals surface area contributed by atoms with Gasteiger partial charge in [0.1, 0.15) is 11.6 Å². The van der Waals surface area contributed by atoms with Crippen LogP contribution in [0.4, 0.5) is 0 Å². The van der Waals surface area contributed by atoms with Crippen molar-refractivity contribution in [1.82, 2.24) is 19.1 Å². The molecule has 0 unspecified atom stereocenters. The molecule has 0 aliphatic carbocycles. The standard InChI is InChI=1S/C26H27N4.Pt/c1-25(2)19-11-7-9-17(13-19)22-16-30(6)24(28-22)26(3,4)20-12-8-10-18(14-20)21-15-29(5)23(25)27-21;/h7-13,15-16H,1-6H3;/q-1;. The molecule has 8 bridgehead atoms. The van der Waals surface area contributed by atoms with E-state index in [-0.39, 0.29) is 31.9 Å². The predicted octanol–water partition coefficient (Wildman–Crippen LogP) is 5.25. The third-order valence-corrected chi connectivity index (χ3v) is 6.50. The summed E-state index contributed by atoms with van der Waals surface area (Å²) < 4.78 is 4.29. The fourth-order valence-electron chi connectivity index (χ4n) is 4.66. The molecule has 0 amide bonds. The summed E-state index contributed by atoms with van der Waals surface area (Å²) in [5, 5.41) is 0. The number of aryl methyl sites for hydroxylation is 2. The fourth-order valence-corrected chi connectivity index (χ4v) is 4.66. The smallest absolute Gasteiger partial charge is 0.117 e. The van der Waals surface area contributed by atoms with E-state index in [1.54, 1.807) is 0 Å². The summed E-state index contributed by atoms with van der Waals surface area (Å²) in [5.74, 6) is 2.06. The zero-order valence-corrected chi connectivity index (χ0v) is 21.1. The molecular weight excluding hydrogens is 563 g/mol. The summed E-state index contributed by atoms with van der Waals surface area (Å²) in [4.78, 5) is 10.2. The molecule has 0 atom stereocenters. The minimum Gasteiger partial charge on any atom is -0.346 e. The second kappa shape index (κ2) is 7.31. The Balaban J connectivity index is 0.00000231. The van der Waals surface area contributed by atoms with Crippen molar-refractivity contribution < 1.29 is 21.1 Å². The molecule has 0 radical (unpaired) electrons. The number of imidazole rings is 2. The van der Waals surface area contributed by atoms with Crippen LogP contribution < -0.4 is 0 Å². The largest absolute Gasteiger partial charge is 0.346 e. The van der Waals surface area contributed by atoms with Crippen LogP contribution in [0.1, 0.15) is 50.5 Å². The first-order valence-corrected chi connectivity index (χ1v) is 10.4. The van der Waals surface area contributed by atoms with Crippen molar-refractivity contribution in [3.8, 4) is 22.5 Å². The molecule has 4 nitrogen and oxygen atoms in total. The molecule has 5 rings (SSSR count). The van der Waals surface area contributed by atoms with Crippen molar-refractivity contribution in [2.24, 2.45) is 14.1 Å². The molecule has 2 aromatic heterocycles. The quantitative estimate of drug-likeness (QED) is 0.263. The normalized spacial score (nSPS) is 15.7. The van der Waals surface area contributed by atoms with Crippen molar-refractivity contribution in [2.45, 2.75) is 38.5 Å². The maximum atomic E-state index is 5.08. The Bertz CT molecular complexity index is 1180. The minimum atomic E-state index is -0.290. The Morgan fingerprint density at radius 2 is 1.39 bits per heavy atom. The second-order valence-electron chi connectivity index (χ2n) is 9.43. The van der Waals surface area contributed by atoms with E-state index in [9.17, 15) is 0 Å². The summed E-state index contributed by atoms with van der Waals surface area (Å²) in [6, 6.07) is 18.7. The van der Waals surface area contributed by atoms with E-state index in [1.807, 2.05) is 0 Å². The number of aromatic nitrogens is 4. The summed E-state index contributed by atoms with van der Waals surface area (Å²) in [6.07, 6.45) is 4.24. The molecular formula is C26H27N4Pt-. The van der Waals surface area contributed by atoms with Crippen LogP contribution in [0.3, 0.4) is 0 Å². The minimum absolute atomic E-state index is 0. The van der Waals surface area contributed by atoms with Crippen molar-refractivity contribution in [3.63, 3.8) is 0 Å². The van der Waals surface area contributed by atoms with Gasteiger partial charge in [0, 0.05) is 63.4 Å². The molecule has 1 aliphatic heterocycles. The van der Waals surface area contributed by atoms with E-state index in [4.69, 9.17) is 9.97 Å². The molecule has 31 heavy (non-hydrogen) atoms. The van der Waals surface area contributed by atoms with Crippen LogP contribution in [0.5, 0.6) is 0 Å². The van der Waals surface area contributed by atoms with Gasteiger partial charge in [-0.3, -0.25) is 4.98 Å². The zero-order chi connectivity index (χ0) is 21.3. The van der Waals surface area contributed by atoms with Gasteiger partial charge in [-0.1, -0.05) is 32.0 Å². The summed E-state index contributed by atoms with van der Waals surface area (Å²) in [5.41, 5.74) is 5.88. The Hall–Kier alpha value is -2.45. The van der Waals surface area contributed by atoms with Crippen LogP contribution in [0.25, 0.3) is 22.5 Å². The van der Waals surface area contributed by atoms with E-state index in [1.165, 1.54) is 5.56 Å². The van der Waals surface area contributed by atoms with Gasteiger partial charge >= 0.3 is 0 Å². The molecule has 0 spiro atoms. The summed E-state index contributed by atoms with van der Waals surface area (Å²) >= 11 is 0. The number of hydrogen-bond acceptors (Lipinski definition) is 2. The van der Waals surface area contributed by atoms with Crippen LogP contribution in [0.2, 0.25) is 0 Å².